The summed E-state index contributed by atoms with van der Waals surface area (Å²) >= 11 is 0. The summed E-state index contributed by atoms with van der Waals surface area (Å²) in [6.45, 7) is 2.17. The highest BCUT2D eigenvalue weighted by Gasteiger charge is 2.38. The van der Waals surface area contributed by atoms with E-state index in [4.69, 9.17) is 39.6 Å². The maximum atomic E-state index is 10.6. The van der Waals surface area contributed by atoms with Gasteiger partial charge in [-0.2, -0.15) is 26.3 Å². The molecule has 0 bridgehead atoms. The van der Waals surface area contributed by atoms with Crippen LogP contribution >= 0.6 is 0 Å². The molecule has 0 aromatic carbocycles. The highest BCUT2D eigenvalue weighted by molar-refractivity contribution is 5.73. The van der Waals surface area contributed by atoms with Crippen molar-refractivity contribution in [3.8, 4) is 0 Å². The molecule has 4 N–H and O–H groups in total. The van der Waals surface area contributed by atoms with Gasteiger partial charge in [0.1, 0.15) is 0 Å². The number of hydrogen-bond acceptors (Lipinski definition) is 4. The fourth-order valence-electron chi connectivity index (χ4n) is 0. The molecule has 22 heavy (non-hydrogen) atoms. The lowest BCUT2D eigenvalue weighted by molar-refractivity contribution is -0.193. The van der Waals surface area contributed by atoms with Crippen LogP contribution in [0.3, 0.4) is 0 Å². The molecule has 0 aliphatic rings. The van der Waals surface area contributed by atoms with Crippen molar-refractivity contribution < 1.29 is 65.9 Å². The number of carboxylic acids is 4. The summed E-state index contributed by atoms with van der Waals surface area (Å²) in [5, 5.41) is 29.1. The summed E-state index contributed by atoms with van der Waals surface area (Å²) in [5.41, 5.74) is 0. The lowest BCUT2D eigenvalue weighted by Crippen LogP contribution is -2.21. The van der Waals surface area contributed by atoms with Gasteiger partial charge in [-0.3, -0.25) is 9.59 Å². The minimum Gasteiger partial charge on any atom is -0.481 e. The highest BCUT2D eigenvalue weighted by atomic mass is 19.4. The van der Waals surface area contributed by atoms with Gasteiger partial charge in [0, 0.05) is 13.8 Å². The van der Waals surface area contributed by atoms with Crippen LogP contribution in [-0.4, -0.2) is 56.7 Å². The molecule has 0 aromatic rings. The van der Waals surface area contributed by atoms with Gasteiger partial charge in [-0.15, -0.1) is 0 Å². The van der Waals surface area contributed by atoms with Crippen molar-refractivity contribution in [3.63, 3.8) is 0 Å². The third kappa shape index (κ3) is 52.9. The largest absolute Gasteiger partial charge is 0.490 e. The van der Waals surface area contributed by atoms with E-state index in [9.17, 15) is 26.3 Å². The summed E-state index contributed by atoms with van der Waals surface area (Å²) in [6, 6.07) is 0. The molecule has 0 radical (unpaired) electrons. The Morgan fingerprint density at radius 2 is 0.636 bits per heavy atom. The smallest absolute Gasteiger partial charge is 0.481 e. The second kappa shape index (κ2) is 12.2. The van der Waals surface area contributed by atoms with Crippen molar-refractivity contribution in [2.45, 2.75) is 26.2 Å². The number of carbonyl (C=O) groups is 4. The molecule has 0 saturated heterocycles. The van der Waals surface area contributed by atoms with E-state index < -0.39 is 36.2 Å². The zero-order valence-corrected chi connectivity index (χ0v) is 10.7. The molecule has 0 spiro atoms. The summed E-state index contributed by atoms with van der Waals surface area (Å²) in [6.07, 6.45) is -10.2. The zero-order chi connectivity index (χ0) is 19.3. The lowest BCUT2D eigenvalue weighted by Gasteiger charge is -1.93. The Morgan fingerprint density at radius 3 is 0.636 bits per heavy atom. The second-order valence-corrected chi connectivity index (χ2v) is 2.64. The number of rotatable bonds is 0. The quantitative estimate of drug-likeness (QED) is 0.481. The van der Waals surface area contributed by atoms with Crippen molar-refractivity contribution in [1.29, 1.82) is 0 Å². The Morgan fingerprint density at radius 1 is 0.591 bits per heavy atom. The van der Waals surface area contributed by atoms with Crippen molar-refractivity contribution in [3.05, 3.63) is 0 Å². The summed E-state index contributed by atoms with van der Waals surface area (Å²) in [7, 11) is 0. The van der Waals surface area contributed by atoms with Crippen molar-refractivity contribution in [1.82, 2.24) is 0 Å². The van der Waals surface area contributed by atoms with Crippen LogP contribution in [0.25, 0.3) is 0 Å². The average molecular weight is 348 g/mol. The van der Waals surface area contributed by atoms with Crippen LogP contribution in [0.2, 0.25) is 0 Å². The SMILES string of the molecule is CC(=O)O.CC(=O)O.O=C(O)C(F)(F)F.O=C(O)C(F)(F)F. The minimum absolute atomic E-state index is 0.833. The molecule has 132 valence electrons. The van der Waals surface area contributed by atoms with Gasteiger partial charge < -0.3 is 20.4 Å². The Labute approximate surface area is 117 Å². The number of alkyl halides is 6. The Bertz CT molecular complexity index is 328. The molecule has 0 aliphatic carbocycles. The summed E-state index contributed by atoms with van der Waals surface area (Å²) < 4.78 is 63.5. The first-order chi connectivity index (χ1) is 9.35. The first kappa shape index (κ1) is 27.7. The molecule has 0 atom stereocenters. The third-order valence-electron chi connectivity index (χ3n) is 0.485. The molecule has 0 saturated carbocycles. The van der Waals surface area contributed by atoms with E-state index in [1.54, 1.807) is 0 Å². The molecule has 0 rings (SSSR count). The van der Waals surface area contributed by atoms with Crippen LogP contribution in [0.1, 0.15) is 13.8 Å². The maximum absolute atomic E-state index is 10.6. The second-order valence-electron chi connectivity index (χ2n) is 2.64. The molecule has 0 heterocycles. The number of aliphatic carboxylic acids is 4. The topological polar surface area (TPSA) is 149 Å². The van der Waals surface area contributed by atoms with E-state index in [0.717, 1.165) is 13.8 Å². The number of halogens is 6. The van der Waals surface area contributed by atoms with Crippen molar-refractivity contribution >= 4 is 23.9 Å². The van der Waals surface area contributed by atoms with Gasteiger partial charge >= 0.3 is 24.3 Å². The van der Waals surface area contributed by atoms with Gasteiger partial charge in [0.2, 0.25) is 0 Å². The van der Waals surface area contributed by atoms with E-state index in [1.807, 2.05) is 0 Å². The molecule has 0 aliphatic heterocycles. The summed E-state index contributed by atoms with van der Waals surface area (Å²) in [4.78, 5) is 35.8. The highest BCUT2D eigenvalue weighted by Crippen LogP contribution is 2.13. The van der Waals surface area contributed by atoms with Crippen LogP contribution in [0.15, 0.2) is 0 Å². The molecule has 0 aromatic heterocycles. The lowest BCUT2D eigenvalue weighted by atomic mass is 10.7. The molecule has 0 fully saturated rings. The standard InChI is InChI=1S/2C2HF3O2.2C2H4O2/c2*3-2(4,5)1(6)7;2*1-2(3)4/h2*(H,6,7);2*1H3,(H,3,4). The molecule has 0 unspecified atom stereocenters. The van der Waals surface area contributed by atoms with Gasteiger partial charge in [0.05, 0.1) is 0 Å². The van der Waals surface area contributed by atoms with Crippen LogP contribution in [0.4, 0.5) is 26.3 Å². The Hall–Kier alpha value is -2.54. The number of hydrogen-bond donors (Lipinski definition) is 4. The first-order valence-electron chi connectivity index (χ1n) is 4.34. The van der Waals surface area contributed by atoms with Crippen LogP contribution in [-0.2, 0) is 19.2 Å². The van der Waals surface area contributed by atoms with E-state index >= 15 is 0 Å². The maximum Gasteiger partial charge on any atom is 0.490 e. The van der Waals surface area contributed by atoms with Crippen LogP contribution < -0.4 is 0 Å². The van der Waals surface area contributed by atoms with Gasteiger partial charge in [-0.25, -0.2) is 9.59 Å². The van der Waals surface area contributed by atoms with E-state index in [-0.39, 0.29) is 0 Å². The predicted molar refractivity (Wildman–Crippen MR) is 54.0 cm³/mol. The zero-order valence-electron chi connectivity index (χ0n) is 10.7. The third-order valence-corrected chi connectivity index (χ3v) is 0.485. The fraction of sp³-hybridized carbons (Fsp3) is 0.500. The molecule has 8 nitrogen and oxygen atoms in total. The fourth-order valence-corrected chi connectivity index (χ4v) is 0. The molecular formula is C8H10F6O8. The Kier molecular flexibility index (Phi) is 15.4. The van der Waals surface area contributed by atoms with Gasteiger partial charge in [0.15, 0.2) is 0 Å². The molecule has 0 amide bonds. The van der Waals surface area contributed by atoms with Gasteiger partial charge in [0.25, 0.3) is 11.9 Å². The Balaban J connectivity index is -0.000000102. The first-order valence-corrected chi connectivity index (χ1v) is 4.34. The van der Waals surface area contributed by atoms with Crippen LogP contribution in [0.5, 0.6) is 0 Å². The average Bonchev–Trinajstić information content (AvgIpc) is 2.12. The van der Waals surface area contributed by atoms with Crippen LogP contribution in [0, 0.1) is 0 Å². The number of carboxylic acid groups (broad SMARTS) is 4. The van der Waals surface area contributed by atoms with E-state index in [1.165, 1.54) is 0 Å². The van der Waals surface area contributed by atoms with Gasteiger partial charge in [-0.05, 0) is 0 Å². The normalized spacial score (nSPS) is 9.45. The van der Waals surface area contributed by atoms with E-state index in [0.29, 0.717) is 0 Å². The van der Waals surface area contributed by atoms with E-state index in [2.05, 4.69) is 0 Å². The monoisotopic (exact) mass is 348 g/mol. The van der Waals surface area contributed by atoms with Crippen molar-refractivity contribution in [2.24, 2.45) is 0 Å². The molecule has 14 heteroatoms. The predicted octanol–water partition coefficient (Wildman–Crippen LogP) is 1.45. The minimum atomic E-state index is -5.08. The summed E-state index contributed by atoms with van der Waals surface area (Å²) in [5.74, 6) is -7.18. The van der Waals surface area contributed by atoms with Crippen molar-refractivity contribution in [2.75, 3.05) is 0 Å². The van der Waals surface area contributed by atoms with Gasteiger partial charge in [-0.1, -0.05) is 0 Å². The molecular weight excluding hydrogens is 338 g/mol.